The van der Waals surface area contributed by atoms with E-state index in [9.17, 15) is 4.79 Å². The number of carbonyl (C=O) groups is 1. The molecule has 3 fully saturated rings. The van der Waals surface area contributed by atoms with Crippen molar-refractivity contribution in [1.82, 2.24) is 5.32 Å². The van der Waals surface area contributed by atoms with Crippen LogP contribution in [0.25, 0.3) is 0 Å². The molecule has 0 radical (unpaired) electrons. The molecule has 1 N–H and O–H groups in total. The molecule has 4 atom stereocenters. The second-order valence-electron chi connectivity index (χ2n) is 7.17. The van der Waals surface area contributed by atoms with Crippen LogP contribution in [0.5, 0.6) is 0 Å². The fraction of sp³-hybridized carbons (Fsp3) is 0.933. The van der Waals surface area contributed by atoms with Gasteiger partial charge in [0.05, 0.1) is 0 Å². The highest BCUT2D eigenvalue weighted by molar-refractivity contribution is 5.81. The van der Waals surface area contributed by atoms with E-state index >= 15 is 0 Å². The molecule has 3 aliphatic rings. The summed E-state index contributed by atoms with van der Waals surface area (Å²) >= 11 is 0. The van der Waals surface area contributed by atoms with E-state index in [1.54, 1.807) is 0 Å². The highest BCUT2D eigenvalue weighted by Crippen LogP contribution is 2.65. The topological polar surface area (TPSA) is 38.3 Å². The van der Waals surface area contributed by atoms with Crippen LogP contribution in [-0.4, -0.2) is 24.7 Å². The summed E-state index contributed by atoms with van der Waals surface area (Å²) in [6.07, 6.45) is 5.46. The fourth-order valence-corrected chi connectivity index (χ4v) is 4.47. The Labute approximate surface area is 110 Å². The zero-order chi connectivity index (χ0) is 13.0. The fourth-order valence-electron chi connectivity index (χ4n) is 4.47. The number of hydrogen-bond donors (Lipinski definition) is 1. The molecular formula is C15H25NO2. The van der Waals surface area contributed by atoms with E-state index < -0.39 is 0 Å². The van der Waals surface area contributed by atoms with E-state index in [1.807, 2.05) is 0 Å². The van der Waals surface area contributed by atoms with Crippen molar-refractivity contribution < 1.29 is 9.53 Å². The van der Waals surface area contributed by atoms with Gasteiger partial charge in [0.25, 0.3) is 0 Å². The Morgan fingerprint density at radius 1 is 1.28 bits per heavy atom. The van der Waals surface area contributed by atoms with Crippen LogP contribution in [0.1, 0.15) is 52.9 Å². The van der Waals surface area contributed by atoms with Crippen molar-refractivity contribution in [3.8, 4) is 0 Å². The first-order valence-corrected chi connectivity index (χ1v) is 7.37. The van der Waals surface area contributed by atoms with Crippen LogP contribution < -0.4 is 5.32 Å². The number of amides is 1. The minimum absolute atomic E-state index is 0.127. The molecule has 2 bridgehead atoms. The van der Waals surface area contributed by atoms with Crippen molar-refractivity contribution in [2.75, 3.05) is 6.61 Å². The number of carbonyl (C=O) groups excluding carboxylic acids is 1. The Balaban J connectivity index is 1.70. The summed E-state index contributed by atoms with van der Waals surface area (Å²) in [5.41, 5.74) is 0.632. The summed E-state index contributed by atoms with van der Waals surface area (Å²) < 4.78 is 5.48. The zero-order valence-corrected chi connectivity index (χ0v) is 11.8. The van der Waals surface area contributed by atoms with Crippen molar-refractivity contribution >= 4 is 5.91 Å². The van der Waals surface area contributed by atoms with Gasteiger partial charge in [-0.3, -0.25) is 4.79 Å². The first-order valence-electron chi connectivity index (χ1n) is 7.37. The van der Waals surface area contributed by atoms with Gasteiger partial charge in [-0.05, 0) is 48.9 Å². The molecule has 0 aromatic rings. The van der Waals surface area contributed by atoms with Crippen molar-refractivity contribution in [2.45, 2.75) is 65.0 Å². The number of rotatable bonds is 2. The molecule has 3 rings (SSSR count). The molecule has 4 unspecified atom stereocenters. The van der Waals surface area contributed by atoms with Gasteiger partial charge >= 0.3 is 0 Å². The lowest BCUT2D eigenvalue weighted by atomic mass is 9.69. The van der Waals surface area contributed by atoms with Gasteiger partial charge in [0.1, 0.15) is 6.10 Å². The van der Waals surface area contributed by atoms with E-state index in [4.69, 9.17) is 4.74 Å². The predicted molar refractivity (Wildman–Crippen MR) is 70.1 cm³/mol. The molecule has 0 aromatic heterocycles. The van der Waals surface area contributed by atoms with Gasteiger partial charge in [0.2, 0.25) is 5.91 Å². The molecule has 1 amide bonds. The third kappa shape index (κ3) is 1.56. The third-order valence-electron chi connectivity index (χ3n) is 6.33. The van der Waals surface area contributed by atoms with Gasteiger partial charge < -0.3 is 10.1 Å². The number of hydrogen-bond acceptors (Lipinski definition) is 2. The van der Waals surface area contributed by atoms with Gasteiger partial charge in [-0.15, -0.1) is 0 Å². The Kier molecular flexibility index (Phi) is 2.74. The molecule has 3 nitrogen and oxygen atoms in total. The van der Waals surface area contributed by atoms with Crippen LogP contribution in [0.3, 0.4) is 0 Å². The standard InChI is InChI=1S/C15H25NO2/c1-14(2)10-6-7-15(14,3)12(9-10)16-13(17)11-5-4-8-18-11/h10-12H,4-9H2,1-3H3,(H,16,17). The lowest BCUT2D eigenvalue weighted by Gasteiger charge is -2.39. The van der Waals surface area contributed by atoms with Gasteiger partial charge in [-0.2, -0.15) is 0 Å². The first-order chi connectivity index (χ1) is 8.45. The van der Waals surface area contributed by atoms with Crippen molar-refractivity contribution in [3.63, 3.8) is 0 Å². The van der Waals surface area contributed by atoms with Crippen molar-refractivity contribution in [2.24, 2.45) is 16.7 Å². The minimum Gasteiger partial charge on any atom is -0.368 e. The molecule has 0 aromatic carbocycles. The van der Waals surface area contributed by atoms with Crippen LogP contribution in [-0.2, 0) is 9.53 Å². The maximum atomic E-state index is 12.2. The van der Waals surface area contributed by atoms with Crippen LogP contribution >= 0.6 is 0 Å². The monoisotopic (exact) mass is 251 g/mol. The third-order valence-corrected chi connectivity index (χ3v) is 6.33. The van der Waals surface area contributed by atoms with Crippen molar-refractivity contribution in [1.29, 1.82) is 0 Å². The summed E-state index contributed by atoms with van der Waals surface area (Å²) in [4.78, 5) is 12.2. The molecule has 1 saturated heterocycles. The SMILES string of the molecule is CC1(C)C2CCC1(C)C(NC(=O)C1CCCO1)C2. The largest absolute Gasteiger partial charge is 0.368 e. The Morgan fingerprint density at radius 3 is 2.56 bits per heavy atom. The molecule has 18 heavy (non-hydrogen) atoms. The molecule has 3 heteroatoms. The van der Waals surface area contributed by atoms with Crippen molar-refractivity contribution in [3.05, 3.63) is 0 Å². The lowest BCUT2D eigenvalue weighted by molar-refractivity contribution is -0.131. The quantitative estimate of drug-likeness (QED) is 0.819. The second kappa shape index (κ2) is 3.96. The minimum atomic E-state index is -0.184. The average molecular weight is 251 g/mol. The molecule has 102 valence electrons. The summed E-state index contributed by atoms with van der Waals surface area (Å²) in [5.74, 6) is 0.902. The van der Waals surface area contributed by atoms with Gasteiger partial charge in [-0.1, -0.05) is 20.8 Å². The average Bonchev–Trinajstić information content (AvgIpc) is 2.95. The van der Waals surface area contributed by atoms with Crippen LogP contribution in [0.4, 0.5) is 0 Å². The molecule has 2 aliphatic carbocycles. The van der Waals surface area contributed by atoms with Crippen LogP contribution in [0, 0.1) is 16.7 Å². The van der Waals surface area contributed by atoms with Gasteiger partial charge in [-0.25, -0.2) is 0 Å². The highest BCUT2D eigenvalue weighted by atomic mass is 16.5. The Hall–Kier alpha value is -0.570. The maximum Gasteiger partial charge on any atom is 0.249 e. The van der Waals surface area contributed by atoms with E-state index in [0.29, 0.717) is 11.5 Å². The molecule has 2 saturated carbocycles. The second-order valence-corrected chi connectivity index (χ2v) is 7.17. The van der Waals surface area contributed by atoms with Crippen LogP contribution in [0.15, 0.2) is 0 Å². The Bertz CT molecular complexity index is 360. The predicted octanol–water partition coefficient (Wildman–Crippen LogP) is 2.50. The summed E-state index contributed by atoms with van der Waals surface area (Å²) in [7, 11) is 0. The normalized spacial score (nSPS) is 45.4. The van der Waals surface area contributed by atoms with E-state index in [0.717, 1.165) is 31.8 Å². The lowest BCUT2D eigenvalue weighted by Crippen LogP contribution is -2.49. The molecule has 1 heterocycles. The summed E-state index contributed by atoms with van der Waals surface area (Å²) in [5, 5.41) is 3.28. The molecular weight excluding hydrogens is 226 g/mol. The van der Waals surface area contributed by atoms with Gasteiger partial charge in [0, 0.05) is 12.6 Å². The maximum absolute atomic E-state index is 12.2. The Morgan fingerprint density at radius 2 is 2.06 bits per heavy atom. The molecule has 1 aliphatic heterocycles. The van der Waals surface area contributed by atoms with E-state index in [2.05, 4.69) is 26.1 Å². The molecule has 0 spiro atoms. The van der Waals surface area contributed by atoms with E-state index in [1.165, 1.54) is 12.8 Å². The zero-order valence-electron chi connectivity index (χ0n) is 11.8. The number of fused-ring (bicyclic) bond motifs is 2. The summed E-state index contributed by atoms with van der Waals surface area (Å²) in [6, 6.07) is 0.350. The summed E-state index contributed by atoms with van der Waals surface area (Å²) in [6.45, 7) is 7.86. The number of nitrogens with one attached hydrogen (secondary N) is 1. The smallest absolute Gasteiger partial charge is 0.249 e. The van der Waals surface area contributed by atoms with Gasteiger partial charge in [0.15, 0.2) is 0 Å². The first kappa shape index (κ1) is 12.5. The van der Waals surface area contributed by atoms with E-state index in [-0.39, 0.29) is 17.4 Å². The van der Waals surface area contributed by atoms with Crippen LogP contribution in [0.2, 0.25) is 0 Å². The number of ether oxygens (including phenoxy) is 1. The highest BCUT2D eigenvalue weighted by Gasteiger charge is 2.61.